The van der Waals surface area contributed by atoms with Crippen molar-refractivity contribution in [2.75, 3.05) is 13.1 Å². The molecule has 0 fully saturated rings. The fraction of sp³-hybridized carbons (Fsp3) is 0.467. The number of rotatable bonds is 6. The van der Waals surface area contributed by atoms with Gasteiger partial charge in [-0.25, -0.2) is 0 Å². The van der Waals surface area contributed by atoms with E-state index < -0.39 is 11.4 Å². The number of carbonyl (C=O) groups excluding carboxylic acids is 1. The van der Waals surface area contributed by atoms with Crippen LogP contribution in [0.2, 0.25) is 5.02 Å². The predicted molar refractivity (Wildman–Crippen MR) is 79.0 cm³/mol. The van der Waals surface area contributed by atoms with Crippen LogP contribution in [0.1, 0.15) is 32.8 Å². The lowest BCUT2D eigenvalue weighted by atomic mass is 9.83. The summed E-state index contributed by atoms with van der Waals surface area (Å²) in [6, 6.07) is 7.10. The lowest BCUT2D eigenvalue weighted by Gasteiger charge is -2.31. The molecule has 0 unspecified atom stereocenters. The minimum atomic E-state index is -1.01. The number of carboxylic acids is 1. The quantitative estimate of drug-likeness (QED) is 0.878. The molecule has 0 heterocycles. The van der Waals surface area contributed by atoms with Crippen LogP contribution in [-0.4, -0.2) is 35.0 Å². The van der Waals surface area contributed by atoms with Crippen LogP contribution >= 0.6 is 11.6 Å². The van der Waals surface area contributed by atoms with Crippen LogP contribution in [-0.2, 0) is 15.0 Å². The van der Waals surface area contributed by atoms with E-state index in [0.29, 0.717) is 18.0 Å². The molecule has 0 saturated heterocycles. The molecule has 0 aliphatic rings. The van der Waals surface area contributed by atoms with Crippen molar-refractivity contribution in [3.63, 3.8) is 0 Å². The minimum absolute atomic E-state index is 0.205. The smallest absolute Gasteiger partial charge is 0.323 e. The lowest BCUT2D eigenvalue weighted by Crippen LogP contribution is -2.46. The van der Waals surface area contributed by atoms with Gasteiger partial charge in [0.2, 0.25) is 5.91 Å². The van der Waals surface area contributed by atoms with Gasteiger partial charge in [0.05, 0.1) is 5.41 Å². The molecule has 0 aromatic heterocycles. The van der Waals surface area contributed by atoms with E-state index in [9.17, 15) is 9.59 Å². The molecule has 5 heteroatoms. The summed E-state index contributed by atoms with van der Waals surface area (Å²) in [6.45, 7) is 5.62. The Morgan fingerprint density at radius 3 is 2.50 bits per heavy atom. The fourth-order valence-electron chi connectivity index (χ4n) is 2.08. The Morgan fingerprint density at radius 2 is 2.00 bits per heavy atom. The van der Waals surface area contributed by atoms with Crippen molar-refractivity contribution in [1.82, 2.24) is 4.90 Å². The molecule has 0 aliphatic heterocycles. The third-order valence-corrected chi connectivity index (χ3v) is 3.42. The highest BCUT2D eigenvalue weighted by Crippen LogP contribution is 2.27. The highest BCUT2D eigenvalue weighted by atomic mass is 35.5. The molecule has 0 saturated carbocycles. The van der Waals surface area contributed by atoms with Crippen LogP contribution in [0.15, 0.2) is 24.3 Å². The first kappa shape index (κ1) is 16.5. The van der Waals surface area contributed by atoms with Crippen molar-refractivity contribution in [1.29, 1.82) is 0 Å². The Kier molecular flexibility index (Phi) is 5.57. The number of benzene rings is 1. The summed E-state index contributed by atoms with van der Waals surface area (Å²) >= 11 is 5.96. The molecule has 0 aliphatic carbocycles. The van der Waals surface area contributed by atoms with E-state index >= 15 is 0 Å². The Labute approximate surface area is 124 Å². The number of carbonyl (C=O) groups is 2. The Morgan fingerprint density at radius 1 is 1.35 bits per heavy atom. The predicted octanol–water partition coefficient (Wildman–Crippen LogP) is 2.94. The van der Waals surface area contributed by atoms with E-state index in [0.717, 1.165) is 5.56 Å². The molecule has 1 aromatic rings. The van der Waals surface area contributed by atoms with E-state index in [2.05, 4.69) is 0 Å². The minimum Gasteiger partial charge on any atom is -0.480 e. The molecule has 0 radical (unpaired) electrons. The second-order valence-corrected chi connectivity index (χ2v) is 5.69. The van der Waals surface area contributed by atoms with Crippen molar-refractivity contribution in [3.8, 4) is 0 Å². The fourth-order valence-corrected chi connectivity index (χ4v) is 2.27. The molecule has 0 spiro atoms. The van der Waals surface area contributed by atoms with Gasteiger partial charge in [0, 0.05) is 11.6 Å². The maximum Gasteiger partial charge on any atom is 0.323 e. The van der Waals surface area contributed by atoms with Gasteiger partial charge in [0.25, 0.3) is 0 Å². The van der Waals surface area contributed by atoms with E-state index in [4.69, 9.17) is 16.7 Å². The van der Waals surface area contributed by atoms with Crippen molar-refractivity contribution >= 4 is 23.5 Å². The average Bonchev–Trinajstić information content (AvgIpc) is 2.36. The SMILES string of the molecule is CCCN(CC(=O)O)C(=O)C(C)(C)c1cccc(Cl)c1. The maximum absolute atomic E-state index is 12.6. The summed E-state index contributed by atoms with van der Waals surface area (Å²) in [5, 5.41) is 9.48. The van der Waals surface area contributed by atoms with Crippen molar-refractivity contribution in [3.05, 3.63) is 34.9 Å². The van der Waals surface area contributed by atoms with Gasteiger partial charge in [0.1, 0.15) is 6.54 Å². The zero-order valence-corrected chi connectivity index (χ0v) is 12.8. The summed E-state index contributed by atoms with van der Waals surface area (Å²) < 4.78 is 0. The van der Waals surface area contributed by atoms with Crippen molar-refractivity contribution in [2.45, 2.75) is 32.6 Å². The Balaban J connectivity index is 3.04. The third kappa shape index (κ3) is 3.97. The molecule has 1 amide bonds. The zero-order valence-electron chi connectivity index (χ0n) is 12.0. The van der Waals surface area contributed by atoms with Crippen LogP contribution in [0.5, 0.6) is 0 Å². The van der Waals surface area contributed by atoms with Crippen molar-refractivity contribution in [2.24, 2.45) is 0 Å². The Hall–Kier alpha value is -1.55. The van der Waals surface area contributed by atoms with Crippen molar-refractivity contribution < 1.29 is 14.7 Å². The summed E-state index contributed by atoms with van der Waals surface area (Å²) in [4.78, 5) is 24.9. The number of hydrogen-bond acceptors (Lipinski definition) is 2. The van der Waals surface area contributed by atoms with E-state index in [1.54, 1.807) is 32.0 Å². The van der Waals surface area contributed by atoms with Gasteiger partial charge >= 0.3 is 5.97 Å². The largest absolute Gasteiger partial charge is 0.480 e. The first-order valence-corrected chi connectivity index (χ1v) is 6.94. The van der Waals surface area contributed by atoms with Crippen LogP contribution in [0.4, 0.5) is 0 Å². The zero-order chi connectivity index (χ0) is 15.3. The van der Waals surface area contributed by atoms with E-state index in [1.165, 1.54) is 4.90 Å². The molecule has 1 N–H and O–H groups in total. The number of amides is 1. The topological polar surface area (TPSA) is 57.6 Å². The Bertz CT molecular complexity index is 500. The van der Waals surface area contributed by atoms with Gasteiger partial charge in [-0.1, -0.05) is 30.7 Å². The van der Waals surface area contributed by atoms with Crippen LogP contribution in [0.25, 0.3) is 0 Å². The molecular formula is C15H20ClNO3. The number of carboxylic acid groups (broad SMARTS) is 1. The molecule has 0 atom stereocenters. The summed E-state index contributed by atoms with van der Waals surface area (Å²) in [7, 11) is 0. The number of halogens is 1. The monoisotopic (exact) mass is 297 g/mol. The number of aliphatic carboxylic acids is 1. The molecule has 20 heavy (non-hydrogen) atoms. The summed E-state index contributed by atoms with van der Waals surface area (Å²) in [5.41, 5.74) is -0.0308. The number of hydrogen-bond donors (Lipinski definition) is 1. The normalized spacial score (nSPS) is 11.2. The molecule has 1 rings (SSSR count). The summed E-state index contributed by atoms with van der Waals surface area (Å²) in [6.07, 6.45) is 0.713. The molecule has 110 valence electrons. The molecular weight excluding hydrogens is 278 g/mol. The van der Waals surface area contributed by atoms with Crippen LogP contribution in [0.3, 0.4) is 0 Å². The van der Waals surface area contributed by atoms with Gasteiger partial charge in [0.15, 0.2) is 0 Å². The van der Waals surface area contributed by atoms with E-state index in [1.807, 2.05) is 13.0 Å². The molecule has 4 nitrogen and oxygen atoms in total. The first-order valence-electron chi connectivity index (χ1n) is 6.56. The second kappa shape index (κ2) is 6.75. The standard InChI is InChI=1S/C15H20ClNO3/c1-4-8-17(10-13(18)19)14(20)15(2,3)11-6-5-7-12(16)9-11/h5-7,9H,4,8,10H2,1-3H3,(H,18,19). The van der Waals surface area contributed by atoms with Gasteiger partial charge in [-0.3, -0.25) is 9.59 Å². The highest BCUT2D eigenvalue weighted by Gasteiger charge is 2.34. The average molecular weight is 298 g/mol. The van der Waals surface area contributed by atoms with Gasteiger partial charge in [-0.05, 0) is 38.0 Å². The number of nitrogens with zero attached hydrogens (tertiary/aromatic N) is 1. The first-order chi connectivity index (χ1) is 9.28. The van der Waals surface area contributed by atoms with Gasteiger partial charge < -0.3 is 10.0 Å². The van der Waals surface area contributed by atoms with E-state index in [-0.39, 0.29) is 12.5 Å². The van der Waals surface area contributed by atoms with Gasteiger partial charge in [-0.15, -0.1) is 0 Å². The van der Waals surface area contributed by atoms with Crippen LogP contribution in [0, 0.1) is 0 Å². The lowest BCUT2D eigenvalue weighted by molar-refractivity contribution is -0.146. The summed E-state index contributed by atoms with van der Waals surface area (Å²) in [5.74, 6) is -1.21. The van der Waals surface area contributed by atoms with Crippen LogP contribution < -0.4 is 0 Å². The maximum atomic E-state index is 12.6. The second-order valence-electron chi connectivity index (χ2n) is 5.26. The van der Waals surface area contributed by atoms with Gasteiger partial charge in [-0.2, -0.15) is 0 Å². The third-order valence-electron chi connectivity index (χ3n) is 3.19. The molecule has 1 aromatic carbocycles. The highest BCUT2D eigenvalue weighted by molar-refractivity contribution is 6.30. The molecule has 0 bridgehead atoms.